The van der Waals surface area contributed by atoms with Gasteiger partial charge in [0.1, 0.15) is 5.75 Å². The van der Waals surface area contributed by atoms with Crippen LogP contribution in [-0.2, 0) is 16.0 Å². The van der Waals surface area contributed by atoms with Gasteiger partial charge in [-0.05, 0) is 37.1 Å². The molecule has 0 unspecified atom stereocenters. The summed E-state index contributed by atoms with van der Waals surface area (Å²) in [5, 5.41) is 0. The zero-order valence-electron chi connectivity index (χ0n) is 9.79. The van der Waals surface area contributed by atoms with Gasteiger partial charge in [-0.1, -0.05) is 15.9 Å². The van der Waals surface area contributed by atoms with Gasteiger partial charge in [0.05, 0.1) is 6.61 Å². The van der Waals surface area contributed by atoms with Crippen LogP contribution in [-0.4, -0.2) is 19.2 Å². The largest absolute Gasteiger partial charge is 0.466 e. The summed E-state index contributed by atoms with van der Waals surface area (Å²) in [5.41, 5.74) is 0.730. The summed E-state index contributed by atoms with van der Waals surface area (Å²) in [6, 6.07) is 4.67. The first-order chi connectivity index (χ1) is 8.51. The molecule has 0 bridgehead atoms. The van der Waals surface area contributed by atoms with Crippen LogP contribution < -0.4 is 4.74 Å². The number of alkyl halides is 2. The Bertz CT molecular complexity index is 410. The molecule has 0 aliphatic carbocycles. The van der Waals surface area contributed by atoms with Crippen molar-refractivity contribution in [3.05, 3.63) is 28.2 Å². The molecule has 0 heterocycles. The maximum absolute atomic E-state index is 12.1. The van der Waals surface area contributed by atoms with Gasteiger partial charge in [0.25, 0.3) is 0 Å². The Balaban J connectivity index is 2.65. The summed E-state index contributed by atoms with van der Waals surface area (Å²) in [6.45, 7) is -0.806. The van der Waals surface area contributed by atoms with Crippen LogP contribution in [0.4, 0.5) is 8.78 Å². The third-order valence-corrected chi connectivity index (χ3v) is 2.54. The Hall–Kier alpha value is -1.17. The summed E-state index contributed by atoms with van der Waals surface area (Å²) >= 11 is 3.20. The van der Waals surface area contributed by atoms with E-state index < -0.39 is 6.61 Å². The van der Waals surface area contributed by atoms with Crippen molar-refractivity contribution >= 4 is 21.9 Å². The maximum Gasteiger partial charge on any atom is 0.387 e. The van der Waals surface area contributed by atoms with E-state index in [-0.39, 0.29) is 18.1 Å². The number of rotatable bonds is 6. The molecule has 3 nitrogen and oxygen atoms in total. The molecule has 1 aromatic carbocycles. The Morgan fingerprint density at radius 2 is 2.11 bits per heavy atom. The standard InChI is InChI=1S/C12H13BrF2O3/c1-2-17-11(16)4-3-8-5-9(13)7-10(6-8)18-12(14)15/h5-7,12H,2-4H2,1H3. The van der Waals surface area contributed by atoms with E-state index in [1.807, 2.05) is 0 Å². The number of benzene rings is 1. The predicted octanol–water partition coefficient (Wildman–Crippen LogP) is 3.55. The van der Waals surface area contributed by atoms with E-state index in [1.54, 1.807) is 13.0 Å². The quantitative estimate of drug-likeness (QED) is 0.751. The lowest BCUT2D eigenvalue weighted by molar-refractivity contribution is -0.143. The summed E-state index contributed by atoms with van der Waals surface area (Å²) in [4.78, 5) is 11.2. The van der Waals surface area contributed by atoms with Gasteiger partial charge in [0.2, 0.25) is 0 Å². The second-order valence-corrected chi connectivity index (χ2v) is 4.39. The number of ether oxygens (including phenoxy) is 2. The minimum atomic E-state index is -2.86. The van der Waals surface area contributed by atoms with Gasteiger partial charge >= 0.3 is 12.6 Å². The van der Waals surface area contributed by atoms with Crippen LogP contribution in [0.3, 0.4) is 0 Å². The van der Waals surface area contributed by atoms with Crippen LogP contribution in [0, 0.1) is 0 Å². The third kappa shape index (κ3) is 5.44. The molecular weight excluding hydrogens is 310 g/mol. The minimum Gasteiger partial charge on any atom is -0.466 e. The van der Waals surface area contributed by atoms with Gasteiger partial charge in [-0.25, -0.2) is 0 Å². The summed E-state index contributed by atoms with van der Waals surface area (Å²) in [6.07, 6.45) is 0.621. The van der Waals surface area contributed by atoms with E-state index in [4.69, 9.17) is 4.74 Å². The molecule has 0 N–H and O–H groups in total. The van der Waals surface area contributed by atoms with Crippen molar-refractivity contribution in [3.8, 4) is 5.75 Å². The van der Waals surface area contributed by atoms with Gasteiger partial charge < -0.3 is 9.47 Å². The number of hydrogen-bond donors (Lipinski definition) is 0. The summed E-state index contributed by atoms with van der Waals surface area (Å²) in [5.74, 6) is -0.243. The molecule has 0 atom stereocenters. The van der Waals surface area contributed by atoms with Gasteiger partial charge in [0.15, 0.2) is 0 Å². The molecular formula is C12H13BrF2O3. The molecule has 0 spiro atoms. The first kappa shape index (κ1) is 14.9. The Labute approximate surface area is 112 Å². The highest BCUT2D eigenvalue weighted by atomic mass is 79.9. The molecule has 18 heavy (non-hydrogen) atoms. The number of carbonyl (C=O) groups excluding carboxylic acids is 1. The maximum atomic E-state index is 12.1. The first-order valence-corrected chi connectivity index (χ1v) is 6.20. The van der Waals surface area contributed by atoms with Gasteiger partial charge in [-0.2, -0.15) is 8.78 Å². The average molecular weight is 323 g/mol. The van der Waals surface area contributed by atoms with Crippen molar-refractivity contribution in [2.45, 2.75) is 26.4 Å². The number of hydrogen-bond acceptors (Lipinski definition) is 3. The fraction of sp³-hybridized carbons (Fsp3) is 0.417. The molecule has 0 aliphatic rings. The third-order valence-electron chi connectivity index (χ3n) is 2.08. The lowest BCUT2D eigenvalue weighted by Gasteiger charge is -2.08. The zero-order valence-corrected chi connectivity index (χ0v) is 11.4. The molecule has 0 saturated heterocycles. The molecule has 0 aromatic heterocycles. The van der Waals surface area contributed by atoms with Gasteiger partial charge in [-0.3, -0.25) is 4.79 Å². The number of carbonyl (C=O) groups is 1. The smallest absolute Gasteiger partial charge is 0.387 e. The van der Waals surface area contributed by atoms with Gasteiger partial charge in [0, 0.05) is 10.9 Å². The highest BCUT2D eigenvalue weighted by Crippen LogP contribution is 2.23. The highest BCUT2D eigenvalue weighted by Gasteiger charge is 2.08. The molecule has 0 saturated carbocycles. The Morgan fingerprint density at radius 3 is 2.72 bits per heavy atom. The lowest BCUT2D eigenvalue weighted by atomic mass is 10.1. The van der Waals surface area contributed by atoms with Crippen molar-refractivity contribution < 1.29 is 23.0 Å². The average Bonchev–Trinajstić information content (AvgIpc) is 2.25. The zero-order chi connectivity index (χ0) is 13.5. The van der Waals surface area contributed by atoms with Crippen LogP contribution >= 0.6 is 15.9 Å². The number of halogens is 3. The van der Waals surface area contributed by atoms with Crippen LogP contribution in [0.1, 0.15) is 18.9 Å². The van der Waals surface area contributed by atoms with Crippen molar-refractivity contribution in [2.24, 2.45) is 0 Å². The van der Waals surface area contributed by atoms with E-state index >= 15 is 0 Å². The van der Waals surface area contributed by atoms with Crippen LogP contribution in [0.2, 0.25) is 0 Å². The van der Waals surface area contributed by atoms with E-state index in [1.165, 1.54) is 12.1 Å². The molecule has 0 radical (unpaired) electrons. The lowest BCUT2D eigenvalue weighted by Crippen LogP contribution is -2.06. The van der Waals surface area contributed by atoms with Crippen molar-refractivity contribution in [3.63, 3.8) is 0 Å². The summed E-state index contributed by atoms with van der Waals surface area (Å²) < 4.78 is 33.9. The van der Waals surface area contributed by atoms with Gasteiger partial charge in [-0.15, -0.1) is 0 Å². The molecule has 1 rings (SSSR count). The van der Waals surface area contributed by atoms with Crippen LogP contribution in [0.25, 0.3) is 0 Å². The topological polar surface area (TPSA) is 35.5 Å². The van der Waals surface area contributed by atoms with E-state index in [0.717, 1.165) is 5.56 Å². The van der Waals surface area contributed by atoms with Crippen LogP contribution in [0.5, 0.6) is 5.75 Å². The Morgan fingerprint density at radius 1 is 1.39 bits per heavy atom. The second-order valence-electron chi connectivity index (χ2n) is 3.48. The van der Waals surface area contributed by atoms with E-state index in [2.05, 4.69) is 20.7 Å². The van der Waals surface area contributed by atoms with E-state index in [9.17, 15) is 13.6 Å². The van der Waals surface area contributed by atoms with Crippen molar-refractivity contribution in [1.82, 2.24) is 0 Å². The fourth-order valence-electron chi connectivity index (χ4n) is 1.42. The molecule has 1 aromatic rings. The van der Waals surface area contributed by atoms with Crippen molar-refractivity contribution in [2.75, 3.05) is 6.61 Å². The second kappa shape index (κ2) is 7.31. The molecule has 0 aliphatic heterocycles. The molecule has 0 amide bonds. The predicted molar refractivity (Wildman–Crippen MR) is 65.7 cm³/mol. The van der Waals surface area contributed by atoms with E-state index in [0.29, 0.717) is 17.5 Å². The molecule has 0 fully saturated rings. The molecule has 6 heteroatoms. The van der Waals surface area contributed by atoms with Crippen LogP contribution in [0.15, 0.2) is 22.7 Å². The summed E-state index contributed by atoms with van der Waals surface area (Å²) in [7, 11) is 0. The highest BCUT2D eigenvalue weighted by molar-refractivity contribution is 9.10. The minimum absolute atomic E-state index is 0.0678. The van der Waals surface area contributed by atoms with Crippen molar-refractivity contribution in [1.29, 1.82) is 0 Å². The normalized spacial score (nSPS) is 10.5. The number of aryl methyl sites for hydroxylation is 1. The SMILES string of the molecule is CCOC(=O)CCc1cc(Br)cc(OC(F)F)c1. The monoisotopic (exact) mass is 322 g/mol. The molecule has 100 valence electrons. The Kier molecular flexibility index (Phi) is 6.04. The fourth-order valence-corrected chi connectivity index (χ4v) is 1.94. The first-order valence-electron chi connectivity index (χ1n) is 5.41. The number of esters is 1.